The van der Waals surface area contributed by atoms with E-state index in [-0.39, 0.29) is 25.5 Å². The van der Waals surface area contributed by atoms with Gasteiger partial charge in [-0.2, -0.15) is 0 Å². The first kappa shape index (κ1) is 34.5. The molecule has 0 fully saturated rings. The maximum Gasteiger partial charge on any atom is 0.0160 e. The molecule has 4 heterocycles. The minimum absolute atomic E-state index is 0. The summed E-state index contributed by atoms with van der Waals surface area (Å²) in [6.45, 7) is 6.55. The molecule has 0 N–H and O–H groups in total. The number of imidazole rings is 1. The number of furan rings is 1. The molecule has 8 aromatic rings. The van der Waals surface area contributed by atoms with Crippen LogP contribution in [0.3, 0.4) is 0 Å². The van der Waals surface area contributed by atoms with Crippen molar-refractivity contribution < 1.29 is 24.5 Å². The molecule has 0 saturated heterocycles. The molecule has 0 spiro atoms. The molecule has 5 nitrogen and oxygen atoms in total. The largest absolute Gasteiger partial charge is 0.305 e. The van der Waals surface area contributed by atoms with Gasteiger partial charge in [0.15, 0.2) is 0 Å². The molecule has 49 heavy (non-hydrogen) atoms. The van der Waals surface area contributed by atoms with E-state index in [9.17, 15) is 0 Å². The SMILES string of the molecule is CC(C)(C)c1cc2c(cn1)nc(-c1[c-]ccc3c1oc1c[c]([Ge]([CH3])([CH3])[CH3])ccc13)n2-c1ccccc1.[Ir].[c-]1ccccc1-c1ccccn1. The van der Waals surface area contributed by atoms with Crippen LogP contribution in [0.2, 0.25) is 17.3 Å². The molecule has 247 valence electrons. The van der Waals surface area contributed by atoms with Gasteiger partial charge < -0.3 is 4.98 Å². The van der Waals surface area contributed by atoms with E-state index in [1.165, 1.54) is 4.40 Å². The van der Waals surface area contributed by atoms with Crippen LogP contribution in [0.15, 0.2) is 126 Å². The van der Waals surface area contributed by atoms with E-state index in [1.54, 1.807) is 6.20 Å². The molecule has 0 aliphatic heterocycles. The Morgan fingerprint density at radius 1 is 0.755 bits per heavy atom. The zero-order chi connectivity index (χ0) is 33.5. The Morgan fingerprint density at radius 3 is 2.22 bits per heavy atom. The number of rotatable bonds is 4. The van der Waals surface area contributed by atoms with Crippen molar-refractivity contribution in [1.29, 1.82) is 0 Å². The van der Waals surface area contributed by atoms with Crippen molar-refractivity contribution >= 4 is 50.6 Å². The third-order valence-electron chi connectivity index (χ3n) is 8.50. The molecule has 7 heteroatoms. The monoisotopic (exact) mass is 881 g/mol. The van der Waals surface area contributed by atoms with E-state index in [0.29, 0.717) is 0 Å². The first-order chi connectivity index (χ1) is 23.1. The molecular weight excluding hydrogens is 841 g/mol. The number of pyridine rings is 2. The van der Waals surface area contributed by atoms with Crippen molar-refractivity contribution in [2.75, 3.05) is 0 Å². The Hall–Kier alpha value is -4.36. The summed E-state index contributed by atoms with van der Waals surface area (Å²) in [4.78, 5) is 14.0. The van der Waals surface area contributed by atoms with Gasteiger partial charge in [-0.3, -0.25) is 0 Å². The van der Waals surface area contributed by atoms with Crippen molar-refractivity contribution in [3.8, 4) is 28.3 Å². The van der Waals surface area contributed by atoms with E-state index >= 15 is 0 Å². The van der Waals surface area contributed by atoms with Crippen molar-refractivity contribution in [3.63, 3.8) is 0 Å². The predicted molar refractivity (Wildman–Crippen MR) is 201 cm³/mol. The van der Waals surface area contributed by atoms with Gasteiger partial charge in [-0.25, -0.2) is 0 Å². The fourth-order valence-electron chi connectivity index (χ4n) is 5.85. The van der Waals surface area contributed by atoms with Crippen LogP contribution in [-0.4, -0.2) is 32.8 Å². The smallest absolute Gasteiger partial charge is 0.0160 e. The molecule has 1 radical (unpaired) electrons. The van der Waals surface area contributed by atoms with Gasteiger partial charge in [0.1, 0.15) is 0 Å². The van der Waals surface area contributed by atoms with Gasteiger partial charge in [0.05, 0.1) is 0 Å². The molecule has 0 saturated carbocycles. The van der Waals surface area contributed by atoms with E-state index in [0.717, 1.165) is 67.0 Å². The number of hydrogen-bond donors (Lipinski definition) is 0. The number of para-hydroxylation sites is 1. The zero-order valence-corrected chi connectivity index (χ0v) is 33.1. The topological polar surface area (TPSA) is 56.7 Å². The molecule has 0 aliphatic rings. The summed E-state index contributed by atoms with van der Waals surface area (Å²) in [5.41, 5.74) is 8.52. The fraction of sp³-hybridized carbons (Fsp3) is 0.167. The van der Waals surface area contributed by atoms with Crippen LogP contribution >= 0.6 is 0 Å². The van der Waals surface area contributed by atoms with Crippen molar-refractivity contribution in [3.05, 3.63) is 139 Å². The van der Waals surface area contributed by atoms with E-state index in [1.807, 2.05) is 60.8 Å². The summed E-state index contributed by atoms with van der Waals surface area (Å²) in [7, 11) is 0. The Balaban J connectivity index is 0.000000270. The van der Waals surface area contributed by atoms with Gasteiger partial charge in [-0.05, 0) is 11.8 Å². The standard InChI is InChI=1S/C31H30GeN3O.C11H8N.Ir/c1-31(2,3)28-18-26-25(19-33-28)34-30(35(26)21-11-8-7-9-12-21)24-14-10-13-23-22-16-15-20(32(4,5)6)17-27(22)36-29(23)24;1-2-6-10(7-3-1)11-8-4-5-9-12-11;/h7-13,15-19H,1-6H3;1-6,8-9H;/q2*-1;. The molecule has 0 amide bonds. The van der Waals surface area contributed by atoms with Crippen LogP contribution in [0.1, 0.15) is 26.5 Å². The molecular formula is C42H38GeIrN4O-2. The van der Waals surface area contributed by atoms with Crippen molar-refractivity contribution in [2.24, 2.45) is 0 Å². The second-order valence-corrected chi connectivity index (χ2v) is 24.7. The number of hydrogen-bond acceptors (Lipinski definition) is 4. The van der Waals surface area contributed by atoms with Crippen LogP contribution < -0.4 is 4.40 Å². The summed E-state index contributed by atoms with van der Waals surface area (Å²) in [6, 6.07) is 43.7. The third-order valence-corrected chi connectivity index (χ3v) is 12.8. The second kappa shape index (κ2) is 13.9. The number of aromatic nitrogens is 4. The summed E-state index contributed by atoms with van der Waals surface area (Å²) in [5.74, 6) is 8.03. The number of fused-ring (bicyclic) bond motifs is 4. The van der Waals surface area contributed by atoms with E-state index < -0.39 is 13.3 Å². The molecule has 4 aromatic heterocycles. The van der Waals surface area contributed by atoms with Gasteiger partial charge in [-0.15, -0.1) is 35.9 Å². The third kappa shape index (κ3) is 7.05. The normalized spacial score (nSPS) is 11.7. The maximum atomic E-state index is 6.57. The number of nitrogens with zero attached hydrogens (tertiary/aromatic N) is 4. The summed E-state index contributed by atoms with van der Waals surface area (Å²) >= 11 is -1.99. The van der Waals surface area contributed by atoms with Crippen LogP contribution in [0.5, 0.6) is 0 Å². The Morgan fingerprint density at radius 2 is 1.53 bits per heavy atom. The second-order valence-electron chi connectivity index (χ2n) is 14.1. The van der Waals surface area contributed by atoms with Crippen molar-refractivity contribution in [1.82, 2.24) is 19.5 Å². The fourth-order valence-corrected chi connectivity index (χ4v) is 8.25. The molecule has 0 aliphatic carbocycles. The first-order valence-electron chi connectivity index (χ1n) is 16.3. The molecule has 0 atom stereocenters. The average Bonchev–Trinajstić information content (AvgIpc) is 3.67. The van der Waals surface area contributed by atoms with E-state index in [2.05, 4.69) is 114 Å². The summed E-state index contributed by atoms with van der Waals surface area (Å²) < 4.78 is 10.2. The number of benzene rings is 4. The Kier molecular flexibility index (Phi) is 9.77. The maximum absolute atomic E-state index is 6.57. The van der Waals surface area contributed by atoms with Gasteiger partial charge in [0, 0.05) is 26.3 Å². The van der Waals surface area contributed by atoms with Gasteiger partial charge in [-0.1, -0.05) is 32.9 Å². The average molecular weight is 880 g/mol. The molecule has 8 rings (SSSR count). The molecule has 0 unspecified atom stereocenters. The minimum Gasteiger partial charge on any atom is -0.305 e. The van der Waals surface area contributed by atoms with Crippen LogP contribution in [0.4, 0.5) is 0 Å². The van der Waals surface area contributed by atoms with Crippen LogP contribution in [0, 0.1) is 12.1 Å². The first-order valence-corrected chi connectivity index (χ1v) is 23.6. The van der Waals surface area contributed by atoms with Gasteiger partial charge in [0.25, 0.3) is 0 Å². The van der Waals surface area contributed by atoms with Gasteiger partial charge in [0.2, 0.25) is 0 Å². The minimum atomic E-state index is -1.99. The van der Waals surface area contributed by atoms with E-state index in [4.69, 9.17) is 14.4 Å². The summed E-state index contributed by atoms with van der Waals surface area (Å²) in [6.07, 6.45) is 3.68. The quantitative estimate of drug-likeness (QED) is 0.131. The zero-order valence-electron chi connectivity index (χ0n) is 28.6. The summed E-state index contributed by atoms with van der Waals surface area (Å²) in [5, 5.41) is 2.22. The van der Waals surface area contributed by atoms with Gasteiger partial charge >= 0.3 is 194 Å². The predicted octanol–water partition coefficient (Wildman–Crippen LogP) is 10.2. The van der Waals surface area contributed by atoms with Crippen LogP contribution in [-0.2, 0) is 25.5 Å². The Bertz CT molecular complexity index is 2320. The Labute approximate surface area is 304 Å². The van der Waals surface area contributed by atoms with Crippen LogP contribution in [0.25, 0.3) is 61.3 Å². The molecule has 0 bridgehead atoms. The van der Waals surface area contributed by atoms with Crippen molar-refractivity contribution in [2.45, 2.75) is 43.5 Å². The molecule has 4 aromatic carbocycles.